The Hall–Kier alpha value is -1.91. The Kier molecular flexibility index (Phi) is 5.25. The second kappa shape index (κ2) is 6.50. The molecule has 0 bridgehead atoms. The summed E-state index contributed by atoms with van der Waals surface area (Å²) in [5.74, 6) is 0.348. The molecule has 0 fully saturated rings. The molecule has 1 rings (SSSR count). The molecule has 0 saturated carbocycles. The van der Waals surface area contributed by atoms with Gasteiger partial charge in [0, 0.05) is 24.7 Å². The summed E-state index contributed by atoms with van der Waals surface area (Å²) in [4.78, 5) is 24.0. The third-order valence-electron chi connectivity index (χ3n) is 3.43. The van der Waals surface area contributed by atoms with Gasteiger partial charge in [0.25, 0.3) is 5.69 Å². The Morgan fingerprint density at radius 3 is 2.40 bits per heavy atom. The van der Waals surface area contributed by atoms with Crippen LogP contribution in [-0.2, 0) is 0 Å². The van der Waals surface area contributed by atoms with Gasteiger partial charge in [-0.1, -0.05) is 13.8 Å². The highest BCUT2D eigenvalue weighted by atomic mass is 16.6. The van der Waals surface area contributed by atoms with Crippen LogP contribution in [0.4, 0.5) is 11.4 Å². The molecule has 0 heterocycles. The predicted molar refractivity (Wildman–Crippen MR) is 80.4 cm³/mol. The minimum atomic E-state index is -0.430. The lowest BCUT2D eigenvalue weighted by Crippen LogP contribution is -2.30. The second-order valence-corrected chi connectivity index (χ2v) is 5.61. The second-order valence-electron chi connectivity index (χ2n) is 5.61. The number of Topliss-reactive ketones (excluding diaryl/α,β-unsaturated/α-hetero) is 1. The number of nitro groups is 1. The third kappa shape index (κ3) is 3.79. The van der Waals surface area contributed by atoms with Crippen molar-refractivity contribution in [2.75, 3.05) is 11.9 Å². The highest BCUT2D eigenvalue weighted by molar-refractivity contribution is 5.95. The van der Waals surface area contributed by atoms with Gasteiger partial charge >= 0.3 is 0 Å². The Morgan fingerprint density at radius 1 is 1.35 bits per heavy atom. The number of benzene rings is 1. The molecular weight excluding hydrogens is 256 g/mol. The van der Waals surface area contributed by atoms with E-state index in [1.165, 1.54) is 13.0 Å². The fraction of sp³-hybridized carbons (Fsp3) is 0.533. The quantitative estimate of drug-likeness (QED) is 0.452. The highest BCUT2D eigenvalue weighted by Crippen LogP contribution is 2.30. The van der Waals surface area contributed by atoms with Crippen molar-refractivity contribution in [3.8, 4) is 0 Å². The van der Waals surface area contributed by atoms with Crippen molar-refractivity contribution in [1.29, 1.82) is 0 Å². The van der Waals surface area contributed by atoms with Crippen molar-refractivity contribution in [2.24, 2.45) is 5.92 Å². The van der Waals surface area contributed by atoms with Crippen molar-refractivity contribution in [1.82, 2.24) is 0 Å². The van der Waals surface area contributed by atoms with Crippen LogP contribution < -0.4 is 4.90 Å². The van der Waals surface area contributed by atoms with Crippen molar-refractivity contribution < 1.29 is 9.72 Å². The summed E-state index contributed by atoms with van der Waals surface area (Å²) in [6.07, 6.45) is 0.947. The fourth-order valence-corrected chi connectivity index (χ4v) is 2.26. The molecule has 0 spiro atoms. The topological polar surface area (TPSA) is 63.5 Å². The van der Waals surface area contributed by atoms with E-state index in [1.807, 2.05) is 18.9 Å². The lowest BCUT2D eigenvalue weighted by molar-refractivity contribution is -0.384. The molecule has 0 aromatic heterocycles. The molecule has 20 heavy (non-hydrogen) atoms. The molecule has 1 aromatic carbocycles. The monoisotopic (exact) mass is 278 g/mol. The third-order valence-corrected chi connectivity index (χ3v) is 3.43. The van der Waals surface area contributed by atoms with Crippen LogP contribution in [0.5, 0.6) is 0 Å². The number of nitro benzene ring substituents is 1. The van der Waals surface area contributed by atoms with Gasteiger partial charge in [-0.15, -0.1) is 0 Å². The van der Waals surface area contributed by atoms with E-state index in [0.717, 1.165) is 6.42 Å². The molecule has 0 amide bonds. The SMILES string of the molecule is CC(=O)c1ccc(N(C)C(C)CC(C)C)c([N+](=O)[O-])c1. The average molecular weight is 278 g/mol. The van der Waals surface area contributed by atoms with Crippen molar-refractivity contribution in [2.45, 2.75) is 40.2 Å². The minimum absolute atomic E-state index is 0.0178. The Labute approximate surface area is 119 Å². The predicted octanol–water partition coefficient (Wildman–Crippen LogP) is 3.67. The number of anilines is 1. The first-order chi connectivity index (χ1) is 9.23. The molecule has 1 aromatic rings. The number of carbonyl (C=O) groups excluding carboxylic acids is 1. The number of ketones is 1. The van der Waals surface area contributed by atoms with Gasteiger partial charge in [-0.05, 0) is 38.3 Å². The number of rotatable bonds is 6. The van der Waals surface area contributed by atoms with Gasteiger partial charge in [0.05, 0.1) is 4.92 Å². The summed E-state index contributed by atoms with van der Waals surface area (Å²) < 4.78 is 0. The molecule has 0 aliphatic rings. The Bertz CT molecular complexity index is 512. The van der Waals surface area contributed by atoms with Gasteiger partial charge in [-0.3, -0.25) is 14.9 Å². The molecule has 1 unspecified atom stereocenters. The largest absolute Gasteiger partial charge is 0.366 e. The van der Waals surface area contributed by atoms with Gasteiger partial charge in [0.15, 0.2) is 5.78 Å². The first-order valence-corrected chi connectivity index (χ1v) is 6.76. The van der Waals surface area contributed by atoms with Gasteiger partial charge in [-0.2, -0.15) is 0 Å². The molecule has 5 nitrogen and oxygen atoms in total. The van der Waals surface area contributed by atoms with Crippen LogP contribution in [0.15, 0.2) is 18.2 Å². The minimum Gasteiger partial charge on any atom is -0.366 e. The van der Waals surface area contributed by atoms with Crippen LogP contribution in [0.3, 0.4) is 0 Å². The molecule has 110 valence electrons. The maximum absolute atomic E-state index is 11.3. The maximum atomic E-state index is 11.3. The summed E-state index contributed by atoms with van der Waals surface area (Å²) in [6, 6.07) is 4.85. The van der Waals surface area contributed by atoms with E-state index in [0.29, 0.717) is 17.2 Å². The van der Waals surface area contributed by atoms with E-state index < -0.39 is 4.92 Å². The van der Waals surface area contributed by atoms with Crippen LogP contribution in [0, 0.1) is 16.0 Å². The van der Waals surface area contributed by atoms with E-state index in [4.69, 9.17) is 0 Å². The zero-order valence-corrected chi connectivity index (χ0v) is 12.7. The van der Waals surface area contributed by atoms with E-state index in [-0.39, 0.29) is 17.5 Å². The molecular formula is C15H22N2O3. The standard InChI is InChI=1S/C15H22N2O3/c1-10(2)8-11(3)16(5)14-7-6-13(12(4)18)9-15(14)17(19)20/h6-7,9-11H,8H2,1-5H3. The Balaban J connectivity index is 3.16. The van der Waals surface area contributed by atoms with Gasteiger partial charge in [0.2, 0.25) is 0 Å². The molecule has 0 saturated heterocycles. The van der Waals surface area contributed by atoms with Crippen molar-refractivity contribution in [3.63, 3.8) is 0 Å². The number of hydrogen-bond acceptors (Lipinski definition) is 4. The zero-order valence-electron chi connectivity index (χ0n) is 12.7. The molecule has 1 atom stereocenters. The smallest absolute Gasteiger partial charge is 0.293 e. The van der Waals surface area contributed by atoms with Crippen molar-refractivity contribution in [3.05, 3.63) is 33.9 Å². The van der Waals surface area contributed by atoms with Gasteiger partial charge in [-0.25, -0.2) is 0 Å². The summed E-state index contributed by atoms with van der Waals surface area (Å²) >= 11 is 0. The van der Waals surface area contributed by atoms with Crippen LogP contribution in [-0.4, -0.2) is 23.8 Å². The maximum Gasteiger partial charge on any atom is 0.293 e. The van der Waals surface area contributed by atoms with Crippen LogP contribution in [0.1, 0.15) is 44.5 Å². The molecule has 0 N–H and O–H groups in total. The first kappa shape index (κ1) is 16.1. The summed E-state index contributed by atoms with van der Waals surface area (Å²) in [5.41, 5.74) is 0.898. The molecule has 0 aliphatic carbocycles. The van der Waals surface area contributed by atoms with E-state index in [1.54, 1.807) is 12.1 Å². The van der Waals surface area contributed by atoms with E-state index in [9.17, 15) is 14.9 Å². The lowest BCUT2D eigenvalue weighted by Gasteiger charge is -2.28. The van der Waals surface area contributed by atoms with Crippen LogP contribution in [0.25, 0.3) is 0 Å². The van der Waals surface area contributed by atoms with E-state index in [2.05, 4.69) is 13.8 Å². The highest BCUT2D eigenvalue weighted by Gasteiger charge is 2.22. The average Bonchev–Trinajstić information content (AvgIpc) is 2.36. The van der Waals surface area contributed by atoms with Gasteiger partial charge in [0.1, 0.15) is 5.69 Å². The van der Waals surface area contributed by atoms with Crippen LogP contribution in [0.2, 0.25) is 0 Å². The Morgan fingerprint density at radius 2 is 1.95 bits per heavy atom. The van der Waals surface area contributed by atoms with E-state index >= 15 is 0 Å². The summed E-state index contributed by atoms with van der Waals surface area (Å²) in [7, 11) is 1.85. The number of carbonyl (C=O) groups is 1. The molecule has 0 radical (unpaired) electrons. The lowest BCUT2D eigenvalue weighted by atomic mass is 10.0. The van der Waals surface area contributed by atoms with Crippen molar-refractivity contribution >= 4 is 17.2 Å². The normalized spacial score (nSPS) is 12.3. The van der Waals surface area contributed by atoms with Gasteiger partial charge < -0.3 is 4.90 Å². The first-order valence-electron chi connectivity index (χ1n) is 6.76. The zero-order chi connectivity index (χ0) is 15.4. The number of hydrogen-bond donors (Lipinski definition) is 0. The fourth-order valence-electron chi connectivity index (χ4n) is 2.26. The molecule has 5 heteroatoms. The van der Waals surface area contributed by atoms with Crippen LogP contribution >= 0.6 is 0 Å². The number of nitrogens with zero attached hydrogens (tertiary/aromatic N) is 2. The molecule has 0 aliphatic heterocycles. The summed E-state index contributed by atoms with van der Waals surface area (Å²) in [5, 5.41) is 11.2. The summed E-state index contributed by atoms with van der Waals surface area (Å²) in [6.45, 7) is 7.70.